The SMILES string of the molecule is CC(C)(C)NC(=O)[C@@H](Cc1ccccc1)N(Cc1ccccc1Cl)C(=O)CSCc1ccc([N+](=O)[O-])cc1. The van der Waals surface area contributed by atoms with Crippen LogP contribution in [0.4, 0.5) is 5.69 Å². The van der Waals surface area contributed by atoms with Gasteiger partial charge in [0.1, 0.15) is 6.04 Å². The molecule has 0 unspecified atom stereocenters. The highest BCUT2D eigenvalue weighted by Gasteiger charge is 2.32. The Hall–Kier alpha value is -3.36. The number of non-ortho nitro benzene ring substituents is 1. The maximum absolute atomic E-state index is 13.7. The minimum Gasteiger partial charge on any atom is -0.350 e. The van der Waals surface area contributed by atoms with Gasteiger partial charge in [-0.3, -0.25) is 19.7 Å². The van der Waals surface area contributed by atoms with Crippen molar-refractivity contribution < 1.29 is 14.5 Å². The molecule has 0 aliphatic heterocycles. The molecule has 38 heavy (non-hydrogen) atoms. The van der Waals surface area contributed by atoms with Crippen LogP contribution in [0.25, 0.3) is 0 Å². The van der Waals surface area contributed by atoms with E-state index in [0.717, 1.165) is 16.7 Å². The zero-order chi connectivity index (χ0) is 27.7. The second kappa shape index (κ2) is 13.4. The molecule has 0 aliphatic rings. The van der Waals surface area contributed by atoms with E-state index >= 15 is 0 Å². The van der Waals surface area contributed by atoms with Gasteiger partial charge < -0.3 is 10.2 Å². The van der Waals surface area contributed by atoms with Gasteiger partial charge in [0.05, 0.1) is 10.7 Å². The highest BCUT2D eigenvalue weighted by Crippen LogP contribution is 2.23. The molecule has 0 heterocycles. The third kappa shape index (κ3) is 8.89. The number of thioether (sulfide) groups is 1. The number of nitrogens with one attached hydrogen (secondary N) is 1. The first kappa shape index (κ1) is 29.2. The summed E-state index contributed by atoms with van der Waals surface area (Å²) in [5, 5.41) is 14.5. The van der Waals surface area contributed by atoms with Crippen LogP contribution >= 0.6 is 23.4 Å². The van der Waals surface area contributed by atoms with E-state index in [1.54, 1.807) is 23.1 Å². The van der Waals surface area contributed by atoms with E-state index < -0.39 is 16.5 Å². The van der Waals surface area contributed by atoms with E-state index in [2.05, 4.69) is 5.32 Å². The fourth-order valence-corrected chi connectivity index (χ4v) is 4.94. The summed E-state index contributed by atoms with van der Waals surface area (Å²) in [6.45, 7) is 5.91. The fraction of sp³-hybridized carbons (Fsp3) is 0.310. The van der Waals surface area contributed by atoms with Crippen molar-refractivity contribution in [3.63, 3.8) is 0 Å². The van der Waals surface area contributed by atoms with Gasteiger partial charge in [-0.2, -0.15) is 0 Å². The summed E-state index contributed by atoms with van der Waals surface area (Å²) in [5.74, 6) is 0.209. The molecule has 3 aromatic carbocycles. The van der Waals surface area contributed by atoms with Crippen molar-refractivity contribution in [1.82, 2.24) is 10.2 Å². The molecule has 0 saturated carbocycles. The summed E-state index contributed by atoms with van der Waals surface area (Å²) < 4.78 is 0. The Morgan fingerprint density at radius 2 is 1.61 bits per heavy atom. The normalized spacial score (nSPS) is 12.0. The number of amides is 2. The van der Waals surface area contributed by atoms with Gasteiger partial charge in [-0.15, -0.1) is 11.8 Å². The van der Waals surface area contributed by atoms with Gasteiger partial charge in [-0.25, -0.2) is 0 Å². The van der Waals surface area contributed by atoms with Crippen molar-refractivity contribution in [2.75, 3.05) is 5.75 Å². The molecule has 7 nitrogen and oxygen atoms in total. The average Bonchev–Trinajstić information content (AvgIpc) is 2.87. The summed E-state index contributed by atoms with van der Waals surface area (Å²) in [7, 11) is 0. The lowest BCUT2D eigenvalue weighted by molar-refractivity contribution is -0.384. The lowest BCUT2D eigenvalue weighted by Gasteiger charge is -2.34. The maximum Gasteiger partial charge on any atom is 0.269 e. The largest absolute Gasteiger partial charge is 0.350 e. The minimum atomic E-state index is -0.750. The Bertz CT molecular complexity index is 1250. The monoisotopic (exact) mass is 553 g/mol. The molecule has 0 fully saturated rings. The molecule has 2 amide bonds. The molecular weight excluding hydrogens is 522 g/mol. The van der Waals surface area contributed by atoms with Gasteiger partial charge in [-0.05, 0) is 43.5 Å². The van der Waals surface area contributed by atoms with Gasteiger partial charge in [0.25, 0.3) is 5.69 Å². The molecule has 3 aromatic rings. The number of hydrogen-bond donors (Lipinski definition) is 1. The van der Waals surface area contributed by atoms with Crippen LogP contribution in [-0.4, -0.2) is 39.0 Å². The van der Waals surface area contributed by atoms with Crippen LogP contribution in [-0.2, 0) is 28.3 Å². The van der Waals surface area contributed by atoms with Crippen molar-refractivity contribution in [2.45, 2.75) is 51.1 Å². The van der Waals surface area contributed by atoms with E-state index in [-0.39, 0.29) is 29.8 Å². The molecule has 0 bridgehead atoms. The van der Waals surface area contributed by atoms with Crippen LogP contribution in [0.15, 0.2) is 78.9 Å². The third-order valence-electron chi connectivity index (χ3n) is 5.71. The second-order valence-electron chi connectivity index (χ2n) is 9.97. The smallest absolute Gasteiger partial charge is 0.269 e. The van der Waals surface area contributed by atoms with Gasteiger partial charge in [0, 0.05) is 41.4 Å². The van der Waals surface area contributed by atoms with Crippen molar-refractivity contribution in [1.29, 1.82) is 0 Å². The Morgan fingerprint density at radius 1 is 0.974 bits per heavy atom. The summed E-state index contributed by atoms with van der Waals surface area (Å²) >= 11 is 7.85. The number of hydrogen-bond acceptors (Lipinski definition) is 5. The zero-order valence-corrected chi connectivity index (χ0v) is 23.3. The number of carbonyl (C=O) groups excluding carboxylic acids is 2. The summed E-state index contributed by atoms with van der Waals surface area (Å²) in [6.07, 6.45) is 0.353. The Morgan fingerprint density at radius 3 is 2.21 bits per heavy atom. The van der Waals surface area contributed by atoms with Crippen molar-refractivity contribution >= 4 is 40.9 Å². The predicted octanol–water partition coefficient (Wildman–Crippen LogP) is 6.04. The van der Waals surface area contributed by atoms with Crippen molar-refractivity contribution in [2.24, 2.45) is 0 Å². The van der Waals surface area contributed by atoms with E-state index in [1.807, 2.05) is 69.3 Å². The average molecular weight is 554 g/mol. The quantitative estimate of drug-likeness (QED) is 0.231. The molecule has 9 heteroatoms. The Kier molecular flexibility index (Phi) is 10.3. The highest BCUT2D eigenvalue weighted by molar-refractivity contribution is 7.99. The summed E-state index contributed by atoms with van der Waals surface area (Å²) in [4.78, 5) is 39.3. The molecule has 0 saturated heterocycles. The molecule has 0 radical (unpaired) electrons. The number of nitro groups is 1. The molecule has 0 aliphatic carbocycles. The first-order chi connectivity index (χ1) is 18.0. The van der Waals surface area contributed by atoms with Crippen LogP contribution in [0.5, 0.6) is 0 Å². The second-order valence-corrected chi connectivity index (χ2v) is 11.4. The molecule has 0 aromatic heterocycles. The van der Waals surface area contributed by atoms with Crippen LogP contribution in [0.2, 0.25) is 5.02 Å². The van der Waals surface area contributed by atoms with Gasteiger partial charge in [0.15, 0.2) is 0 Å². The van der Waals surface area contributed by atoms with Crippen molar-refractivity contribution in [3.8, 4) is 0 Å². The van der Waals surface area contributed by atoms with Gasteiger partial charge in [-0.1, -0.05) is 72.3 Å². The maximum atomic E-state index is 13.7. The van der Waals surface area contributed by atoms with Crippen LogP contribution in [0, 0.1) is 10.1 Å². The number of nitrogens with zero attached hydrogens (tertiary/aromatic N) is 2. The molecule has 0 spiro atoms. The Labute approximate surface area is 232 Å². The van der Waals surface area contributed by atoms with E-state index in [4.69, 9.17) is 11.6 Å². The lowest BCUT2D eigenvalue weighted by Crippen LogP contribution is -2.54. The first-order valence-electron chi connectivity index (χ1n) is 12.2. The third-order valence-corrected chi connectivity index (χ3v) is 7.07. The Balaban J connectivity index is 1.85. The summed E-state index contributed by atoms with van der Waals surface area (Å²) in [6, 6.07) is 22.5. The number of nitro benzene ring substituents is 1. The first-order valence-corrected chi connectivity index (χ1v) is 13.8. The van der Waals surface area contributed by atoms with E-state index in [9.17, 15) is 19.7 Å². The number of halogens is 1. The molecule has 1 N–H and O–H groups in total. The topological polar surface area (TPSA) is 92.6 Å². The summed E-state index contributed by atoms with van der Waals surface area (Å²) in [5.41, 5.74) is 2.11. The molecule has 200 valence electrons. The molecule has 3 rings (SSSR count). The van der Waals surface area contributed by atoms with E-state index in [0.29, 0.717) is 17.2 Å². The number of rotatable bonds is 11. The van der Waals surface area contributed by atoms with Crippen LogP contribution in [0.1, 0.15) is 37.5 Å². The minimum absolute atomic E-state index is 0.0226. The van der Waals surface area contributed by atoms with Crippen LogP contribution in [0.3, 0.4) is 0 Å². The zero-order valence-electron chi connectivity index (χ0n) is 21.7. The molecular formula is C29H32ClN3O4S. The highest BCUT2D eigenvalue weighted by atomic mass is 35.5. The number of carbonyl (C=O) groups is 2. The van der Waals surface area contributed by atoms with Crippen LogP contribution < -0.4 is 5.32 Å². The number of benzene rings is 3. The van der Waals surface area contributed by atoms with E-state index in [1.165, 1.54) is 23.9 Å². The van der Waals surface area contributed by atoms with Gasteiger partial charge in [0.2, 0.25) is 11.8 Å². The van der Waals surface area contributed by atoms with Crippen molar-refractivity contribution in [3.05, 3.63) is 111 Å². The standard InChI is InChI=1S/C29H32ClN3O4S/c1-29(2,3)31-28(35)26(17-21-9-5-4-6-10-21)32(18-23-11-7-8-12-25(23)30)27(34)20-38-19-22-13-15-24(16-14-22)33(36)37/h4-16,26H,17-20H2,1-3H3,(H,31,35)/t26-/m1/s1. The fourth-order valence-electron chi connectivity index (χ4n) is 3.87. The lowest BCUT2D eigenvalue weighted by atomic mass is 10.0. The molecule has 1 atom stereocenters. The van der Waals surface area contributed by atoms with Gasteiger partial charge >= 0.3 is 0 Å². The predicted molar refractivity (Wildman–Crippen MR) is 153 cm³/mol.